The minimum Gasteiger partial charge on any atom is -0.396 e. The van der Waals surface area contributed by atoms with Gasteiger partial charge in [0, 0.05) is 13.2 Å². The lowest BCUT2D eigenvalue weighted by molar-refractivity contribution is 0.0942. The van der Waals surface area contributed by atoms with Gasteiger partial charge in [0.05, 0.1) is 16.4 Å². The lowest BCUT2D eigenvalue weighted by atomic mass is 10.2. The number of aromatic nitrogens is 4. The highest BCUT2D eigenvalue weighted by molar-refractivity contribution is 7.21. The van der Waals surface area contributed by atoms with Gasteiger partial charge in [-0.15, -0.1) is 21.5 Å². The average molecular weight is 302 g/mol. The Bertz CT molecular complexity index is 808. The fourth-order valence-electron chi connectivity index (χ4n) is 2.13. The summed E-state index contributed by atoms with van der Waals surface area (Å²) < 4.78 is 2.66. The number of hydrogen-bond donors (Lipinski definition) is 2. The summed E-state index contributed by atoms with van der Waals surface area (Å²) in [7, 11) is 1.83. The van der Waals surface area contributed by atoms with E-state index >= 15 is 0 Å². The predicted molar refractivity (Wildman–Crippen MR) is 80.9 cm³/mol. The normalized spacial score (nSPS) is 12.5. The Hall–Kier alpha value is -2.48. The number of nitrogens with zero attached hydrogens (tertiary/aromatic N) is 4. The van der Waals surface area contributed by atoms with Crippen molar-refractivity contribution in [3.05, 3.63) is 35.4 Å². The fraction of sp³-hybridized carbons (Fsp3) is 0.231. The number of rotatable bonds is 3. The molecule has 1 atom stereocenters. The standard InChI is InChI=1S/C13H14N6OS/c1-7(12-18-16-6-19(12)2)17-13(20)11-9(14)10-8(21-11)4-3-5-15-10/h3-7H,14H2,1-2H3,(H,17,20). The number of amides is 1. The summed E-state index contributed by atoms with van der Waals surface area (Å²) in [5.41, 5.74) is 7.10. The molecule has 0 aliphatic heterocycles. The number of pyridine rings is 1. The lowest BCUT2D eigenvalue weighted by Crippen LogP contribution is -2.28. The SMILES string of the molecule is CC(NC(=O)c1sc2cccnc2c1N)c1nncn1C. The van der Waals surface area contributed by atoms with E-state index in [1.807, 2.05) is 26.1 Å². The number of nitrogens with two attached hydrogens (primary N) is 1. The van der Waals surface area contributed by atoms with E-state index in [4.69, 9.17) is 5.73 Å². The van der Waals surface area contributed by atoms with E-state index in [9.17, 15) is 4.79 Å². The summed E-state index contributed by atoms with van der Waals surface area (Å²) in [4.78, 5) is 17.1. The van der Waals surface area contributed by atoms with Crippen molar-refractivity contribution in [3.8, 4) is 0 Å². The van der Waals surface area contributed by atoms with Gasteiger partial charge in [-0.2, -0.15) is 0 Å². The molecule has 0 aliphatic rings. The molecule has 0 fully saturated rings. The molecule has 7 nitrogen and oxygen atoms in total. The molecule has 3 N–H and O–H groups in total. The van der Waals surface area contributed by atoms with Crippen LogP contribution in [-0.4, -0.2) is 25.7 Å². The van der Waals surface area contributed by atoms with Crippen LogP contribution in [0.1, 0.15) is 28.5 Å². The first-order chi connectivity index (χ1) is 10.1. The third kappa shape index (κ3) is 2.33. The molecule has 8 heteroatoms. The quantitative estimate of drug-likeness (QED) is 0.764. The van der Waals surface area contributed by atoms with Crippen molar-refractivity contribution in [1.29, 1.82) is 0 Å². The fourth-order valence-corrected chi connectivity index (χ4v) is 3.11. The van der Waals surface area contributed by atoms with Crippen LogP contribution in [0.25, 0.3) is 10.2 Å². The van der Waals surface area contributed by atoms with Crippen LogP contribution < -0.4 is 11.1 Å². The molecular weight excluding hydrogens is 288 g/mol. The number of anilines is 1. The van der Waals surface area contributed by atoms with Gasteiger partial charge in [0.15, 0.2) is 5.82 Å². The maximum atomic E-state index is 12.4. The number of hydrogen-bond acceptors (Lipinski definition) is 6. The Kier molecular flexibility index (Phi) is 3.30. The maximum absolute atomic E-state index is 12.4. The van der Waals surface area contributed by atoms with Gasteiger partial charge in [0.25, 0.3) is 5.91 Å². The Morgan fingerprint density at radius 1 is 1.52 bits per heavy atom. The minimum absolute atomic E-state index is 0.231. The molecule has 3 heterocycles. The molecule has 3 aromatic heterocycles. The van der Waals surface area contributed by atoms with Crippen LogP contribution >= 0.6 is 11.3 Å². The lowest BCUT2D eigenvalue weighted by Gasteiger charge is -2.12. The number of carbonyl (C=O) groups excluding carboxylic acids is 1. The van der Waals surface area contributed by atoms with Crippen LogP contribution in [-0.2, 0) is 7.05 Å². The molecule has 1 unspecified atom stereocenters. The van der Waals surface area contributed by atoms with Gasteiger partial charge in [-0.1, -0.05) is 0 Å². The Morgan fingerprint density at radius 2 is 2.33 bits per heavy atom. The average Bonchev–Trinajstić information content (AvgIpc) is 3.03. The van der Waals surface area contributed by atoms with Crippen molar-refractivity contribution in [2.24, 2.45) is 7.05 Å². The number of fused-ring (bicyclic) bond motifs is 1. The number of thiophene rings is 1. The molecule has 0 bridgehead atoms. The zero-order chi connectivity index (χ0) is 15.0. The highest BCUT2D eigenvalue weighted by atomic mass is 32.1. The molecule has 0 aliphatic carbocycles. The van der Waals surface area contributed by atoms with Crippen LogP contribution in [0, 0.1) is 0 Å². The monoisotopic (exact) mass is 302 g/mol. The van der Waals surface area contributed by atoms with Gasteiger partial charge in [-0.25, -0.2) is 0 Å². The van der Waals surface area contributed by atoms with E-state index in [1.165, 1.54) is 11.3 Å². The summed E-state index contributed by atoms with van der Waals surface area (Å²) in [5, 5.41) is 10.7. The zero-order valence-corrected chi connectivity index (χ0v) is 12.4. The third-order valence-electron chi connectivity index (χ3n) is 3.17. The molecule has 0 aromatic carbocycles. The summed E-state index contributed by atoms with van der Waals surface area (Å²) in [6, 6.07) is 3.46. The van der Waals surface area contributed by atoms with Crippen LogP contribution in [0.4, 0.5) is 5.69 Å². The van der Waals surface area contributed by atoms with Gasteiger partial charge in [0.2, 0.25) is 0 Å². The zero-order valence-electron chi connectivity index (χ0n) is 11.6. The number of carbonyl (C=O) groups is 1. The topological polar surface area (TPSA) is 98.7 Å². The van der Waals surface area contributed by atoms with Crippen LogP contribution in [0.15, 0.2) is 24.7 Å². The van der Waals surface area contributed by atoms with E-state index in [0.29, 0.717) is 21.9 Å². The Morgan fingerprint density at radius 3 is 3.00 bits per heavy atom. The molecule has 108 valence electrons. The number of aryl methyl sites for hydroxylation is 1. The highest BCUT2D eigenvalue weighted by Crippen LogP contribution is 2.32. The molecule has 0 radical (unpaired) electrons. The second-order valence-corrected chi connectivity index (χ2v) is 5.74. The molecule has 0 saturated heterocycles. The molecule has 0 saturated carbocycles. The minimum atomic E-state index is -0.262. The van der Waals surface area contributed by atoms with E-state index in [2.05, 4.69) is 20.5 Å². The van der Waals surface area contributed by atoms with Crippen molar-refractivity contribution in [1.82, 2.24) is 25.1 Å². The largest absolute Gasteiger partial charge is 0.396 e. The van der Waals surface area contributed by atoms with E-state index < -0.39 is 0 Å². The summed E-state index contributed by atoms with van der Waals surface area (Å²) >= 11 is 1.33. The summed E-state index contributed by atoms with van der Waals surface area (Å²) in [5.74, 6) is 0.451. The smallest absolute Gasteiger partial charge is 0.264 e. The molecule has 3 aromatic rings. The van der Waals surface area contributed by atoms with Crippen molar-refractivity contribution < 1.29 is 4.79 Å². The Balaban J connectivity index is 1.87. The van der Waals surface area contributed by atoms with Gasteiger partial charge < -0.3 is 15.6 Å². The van der Waals surface area contributed by atoms with Gasteiger partial charge in [-0.3, -0.25) is 9.78 Å². The second kappa shape index (κ2) is 5.13. The first kappa shape index (κ1) is 13.5. The van der Waals surface area contributed by atoms with E-state index in [0.717, 1.165) is 4.70 Å². The van der Waals surface area contributed by atoms with Gasteiger partial charge in [-0.05, 0) is 19.1 Å². The molecule has 0 spiro atoms. The molecule has 1 amide bonds. The van der Waals surface area contributed by atoms with E-state index in [1.54, 1.807) is 17.1 Å². The number of nitrogen functional groups attached to an aromatic ring is 1. The Labute approximate surface area is 124 Å². The van der Waals surface area contributed by atoms with Gasteiger partial charge >= 0.3 is 0 Å². The third-order valence-corrected chi connectivity index (χ3v) is 4.33. The van der Waals surface area contributed by atoms with Crippen molar-refractivity contribution in [2.75, 3.05) is 5.73 Å². The first-order valence-corrected chi connectivity index (χ1v) is 7.17. The van der Waals surface area contributed by atoms with Crippen LogP contribution in [0.2, 0.25) is 0 Å². The van der Waals surface area contributed by atoms with Crippen LogP contribution in [0.5, 0.6) is 0 Å². The van der Waals surface area contributed by atoms with Crippen molar-refractivity contribution in [3.63, 3.8) is 0 Å². The molecular formula is C13H14N6OS. The molecule has 21 heavy (non-hydrogen) atoms. The van der Waals surface area contributed by atoms with Crippen LogP contribution in [0.3, 0.4) is 0 Å². The molecule has 3 rings (SSSR count). The summed E-state index contributed by atoms with van der Waals surface area (Å²) in [6.07, 6.45) is 3.25. The van der Waals surface area contributed by atoms with E-state index in [-0.39, 0.29) is 11.9 Å². The van der Waals surface area contributed by atoms with Crippen molar-refractivity contribution in [2.45, 2.75) is 13.0 Å². The van der Waals surface area contributed by atoms with Gasteiger partial charge in [0.1, 0.15) is 16.7 Å². The van der Waals surface area contributed by atoms with Crippen molar-refractivity contribution >= 4 is 33.1 Å². The maximum Gasteiger partial charge on any atom is 0.264 e. The predicted octanol–water partition coefficient (Wildman–Crippen LogP) is 1.50. The first-order valence-electron chi connectivity index (χ1n) is 6.35. The summed E-state index contributed by atoms with van der Waals surface area (Å²) in [6.45, 7) is 1.85. The number of nitrogens with one attached hydrogen (secondary N) is 1. The second-order valence-electron chi connectivity index (χ2n) is 4.69. The highest BCUT2D eigenvalue weighted by Gasteiger charge is 2.20.